The third-order valence-electron chi connectivity index (χ3n) is 2.93. The second-order valence-corrected chi connectivity index (χ2v) is 4.56. The molecule has 0 heteroatoms. The molecule has 15 heavy (non-hydrogen) atoms. The van der Waals surface area contributed by atoms with Crippen molar-refractivity contribution in [3.8, 4) is 0 Å². The van der Waals surface area contributed by atoms with Crippen LogP contribution in [0.5, 0.6) is 0 Å². The largest absolute Gasteiger partial charge is 0.0885 e. The lowest BCUT2D eigenvalue weighted by atomic mass is 9.97. The summed E-state index contributed by atoms with van der Waals surface area (Å²) in [5, 5.41) is 0. The van der Waals surface area contributed by atoms with Gasteiger partial charge in [-0.25, -0.2) is 0 Å². The maximum atomic E-state index is 3.86. The molecule has 0 aliphatic rings. The van der Waals surface area contributed by atoms with Gasteiger partial charge in [0.25, 0.3) is 0 Å². The highest BCUT2D eigenvalue weighted by Crippen LogP contribution is 2.16. The van der Waals surface area contributed by atoms with E-state index in [1.54, 1.807) is 0 Å². The Morgan fingerprint density at radius 1 is 1.00 bits per heavy atom. The third kappa shape index (κ3) is 11.7. The number of rotatable bonds is 10. The number of hydrogen-bond donors (Lipinski definition) is 0. The second-order valence-electron chi connectivity index (χ2n) is 4.56. The maximum Gasteiger partial charge on any atom is -0.0316 e. The summed E-state index contributed by atoms with van der Waals surface area (Å²) in [4.78, 5) is 0. The van der Waals surface area contributed by atoms with Crippen LogP contribution in [0.1, 0.15) is 64.7 Å². The lowest BCUT2D eigenvalue weighted by molar-refractivity contribution is 0.447. The Hall–Kier alpha value is -0.260. The highest BCUT2D eigenvalue weighted by atomic mass is 14.1. The van der Waals surface area contributed by atoms with Crippen LogP contribution in [-0.4, -0.2) is 0 Å². The van der Waals surface area contributed by atoms with Crippen molar-refractivity contribution in [2.45, 2.75) is 64.7 Å². The summed E-state index contributed by atoms with van der Waals surface area (Å²) in [6, 6.07) is 0. The van der Waals surface area contributed by atoms with Gasteiger partial charge in [-0.2, -0.15) is 0 Å². The van der Waals surface area contributed by atoms with Gasteiger partial charge in [0.05, 0.1) is 0 Å². The highest BCUT2D eigenvalue weighted by Gasteiger charge is 2.00. The van der Waals surface area contributed by atoms with Crippen LogP contribution < -0.4 is 0 Å². The average Bonchev–Trinajstić information content (AvgIpc) is 2.24. The van der Waals surface area contributed by atoms with Crippen molar-refractivity contribution in [1.29, 1.82) is 0 Å². The Labute approximate surface area is 97.2 Å². The minimum Gasteiger partial charge on any atom is -0.0885 e. The standard InChI is InChI=1S/C15H28/c1-4-6-8-10-12-14-15(3)13-11-9-7-5-2/h5,7,15H,1-2,4,6,8-14H2,3H3. The zero-order chi connectivity index (χ0) is 11.4. The quantitative estimate of drug-likeness (QED) is 0.424. The molecule has 0 amide bonds. The van der Waals surface area contributed by atoms with Gasteiger partial charge >= 0.3 is 0 Å². The second kappa shape index (κ2) is 11.8. The molecular formula is C15H28. The summed E-state index contributed by atoms with van der Waals surface area (Å²) in [5.74, 6) is 0.906. The van der Waals surface area contributed by atoms with Crippen molar-refractivity contribution in [2.24, 2.45) is 5.92 Å². The molecule has 0 N–H and O–H groups in total. The lowest BCUT2D eigenvalue weighted by Crippen LogP contribution is -1.94. The van der Waals surface area contributed by atoms with Gasteiger partial charge < -0.3 is 0 Å². The molecule has 0 saturated carbocycles. The summed E-state index contributed by atoms with van der Waals surface area (Å²) >= 11 is 0. The molecule has 0 aromatic rings. The van der Waals surface area contributed by atoms with Gasteiger partial charge in [-0.3, -0.25) is 0 Å². The van der Waals surface area contributed by atoms with E-state index >= 15 is 0 Å². The summed E-state index contributed by atoms with van der Waals surface area (Å²) in [6.07, 6.45) is 16.0. The monoisotopic (exact) mass is 208 g/mol. The maximum absolute atomic E-state index is 3.86. The molecule has 0 aromatic heterocycles. The van der Waals surface area contributed by atoms with E-state index in [-0.39, 0.29) is 0 Å². The topological polar surface area (TPSA) is 0 Å². The molecule has 0 spiro atoms. The van der Waals surface area contributed by atoms with Crippen molar-refractivity contribution in [3.05, 3.63) is 26.0 Å². The molecule has 0 heterocycles. The van der Waals surface area contributed by atoms with Crippen molar-refractivity contribution in [2.75, 3.05) is 0 Å². The summed E-state index contributed by atoms with van der Waals surface area (Å²) in [6.45, 7) is 9.94. The normalized spacial score (nSPS) is 13.5. The molecule has 1 unspecified atom stereocenters. The first kappa shape index (κ1) is 14.7. The van der Waals surface area contributed by atoms with Gasteiger partial charge in [0.2, 0.25) is 0 Å². The molecule has 2 radical (unpaired) electrons. The zero-order valence-electron chi connectivity index (χ0n) is 10.5. The highest BCUT2D eigenvalue weighted by molar-refractivity contribution is 4.83. The molecule has 0 fully saturated rings. The van der Waals surface area contributed by atoms with Crippen LogP contribution >= 0.6 is 0 Å². The molecule has 0 saturated heterocycles. The molecular weight excluding hydrogens is 180 g/mol. The third-order valence-corrected chi connectivity index (χ3v) is 2.93. The first-order valence-electron chi connectivity index (χ1n) is 6.54. The predicted octanol–water partition coefficient (Wildman–Crippen LogP) is 5.36. The molecule has 0 rings (SSSR count). The van der Waals surface area contributed by atoms with Gasteiger partial charge in [0.15, 0.2) is 0 Å². The molecule has 0 aliphatic heterocycles. The Morgan fingerprint density at radius 3 is 2.33 bits per heavy atom. The van der Waals surface area contributed by atoms with Gasteiger partial charge in [-0.15, -0.1) is 0 Å². The first-order valence-corrected chi connectivity index (χ1v) is 6.54. The van der Waals surface area contributed by atoms with Crippen LogP contribution in [0.3, 0.4) is 0 Å². The van der Waals surface area contributed by atoms with Crippen LogP contribution in [0.15, 0.2) is 12.2 Å². The Kier molecular flexibility index (Phi) is 11.6. The smallest absolute Gasteiger partial charge is 0.0316 e. The molecule has 0 aromatic carbocycles. The average molecular weight is 208 g/mol. The fourth-order valence-electron chi connectivity index (χ4n) is 1.87. The molecule has 88 valence electrons. The lowest BCUT2D eigenvalue weighted by Gasteiger charge is -2.09. The van der Waals surface area contributed by atoms with Crippen LogP contribution in [0.4, 0.5) is 0 Å². The van der Waals surface area contributed by atoms with E-state index in [1.807, 2.05) is 6.08 Å². The fourth-order valence-corrected chi connectivity index (χ4v) is 1.87. The van der Waals surface area contributed by atoms with Gasteiger partial charge in [-0.1, -0.05) is 70.9 Å². The van der Waals surface area contributed by atoms with E-state index in [4.69, 9.17) is 0 Å². The number of hydrogen-bond acceptors (Lipinski definition) is 0. The number of allylic oxidation sites excluding steroid dienone is 2. The van der Waals surface area contributed by atoms with Crippen LogP contribution in [0.25, 0.3) is 0 Å². The van der Waals surface area contributed by atoms with Crippen molar-refractivity contribution >= 4 is 0 Å². The Bertz CT molecular complexity index is 135. The minimum atomic E-state index is 0.906. The van der Waals surface area contributed by atoms with Crippen LogP contribution in [0, 0.1) is 19.8 Å². The zero-order valence-corrected chi connectivity index (χ0v) is 10.5. The summed E-state index contributed by atoms with van der Waals surface area (Å²) in [7, 11) is 0. The summed E-state index contributed by atoms with van der Waals surface area (Å²) < 4.78 is 0. The summed E-state index contributed by atoms with van der Waals surface area (Å²) in [5.41, 5.74) is 0. The van der Waals surface area contributed by atoms with Crippen molar-refractivity contribution in [3.63, 3.8) is 0 Å². The fraction of sp³-hybridized carbons (Fsp3) is 0.733. The molecule has 0 nitrogen and oxygen atoms in total. The first-order chi connectivity index (χ1) is 7.31. The van der Waals surface area contributed by atoms with E-state index in [0.29, 0.717) is 0 Å². The number of unbranched alkanes of at least 4 members (excludes halogenated alkanes) is 5. The van der Waals surface area contributed by atoms with E-state index in [1.165, 1.54) is 51.4 Å². The van der Waals surface area contributed by atoms with Crippen molar-refractivity contribution < 1.29 is 0 Å². The Balaban J connectivity index is 3.14. The van der Waals surface area contributed by atoms with E-state index in [0.717, 1.165) is 12.3 Å². The van der Waals surface area contributed by atoms with Gasteiger partial charge in [0, 0.05) is 0 Å². The molecule has 1 atom stereocenters. The van der Waals surface area contributed by atoms with Gasteiger partial charge in [-0.05, 0) is 25.7 Å². The minimum absolute atomic E-state index is 0.906. The molecule has 0 aliphatic carbocycles. The van der Waals surface area contributed by atoms with Crippen LogP contribution in [0.2, 0.25) is 0 Å². The van der Waals surface area contributed by atoms with Crippen molar-refractivity contribution in [1.82, 2.24) is 0 Å². The predicted molar refractivity (Wildman–Crippen MR) is 70.6 cm³/mol. The molecule has 0 bridgehead atoms. The Morgan fingerprint density at radius 2 is 1.67 bits per heavy atom. The van der Waals surface area contributed by atoms with Gasteiger partial charge in [0.1, 0.15) is 0 Å². The van der Waals surface area contributed by atoms with E-state index < -0.39 is 0 Å². The van der Waals surface area contributed by atoms with E-state index in [9.17, 15) is 0 Å². The van der Waals surface area contributed by atoms with E-state index in [2.05, 4.69) is 26.8 Å². The SMILES string of the molecule is [CH2]C=CCCCC(C)CCCCCC[CH2]. The van der Waals surface area contributed by atoms with Crippen LogP contribution in [-0.2, 0) is 0 Å².